The Balaban J connectivity index is 1.80. The molecular formula is C20H30O4S. The van der Waals surface area contributed by atoms with Gasteiger partial charge in [-0.15, -0.1) is 0 Å². The van der Waals surface area contributed by atoms with Crippen LogP contribution in [0.25, 0.3) is 0 Å². The molecule has 3 rings (SSSR count). The van der Waals surface area contributed by atoms with E-state index < -0.39 is 10.1 Å². The Hall–Kier alpha value is -0.910. The maximum atomic E-state index is 12.7. The van der Waals surface area contributed by atoms with E-state index in [9.17, 15) is 13.5 Å². The highest BCUT2D eigenvalue weighted by atomic mass is 32.2. The summed E-state index contributed by atoms with van der Waals surface area (Å²) < 4.78 is 31.2. The van der Waals surface area contributed by atoms with E-state index >= 15 is 0 Å². The Bertz CT molecular complexity index is 697. The maximum Gasteiger partial charge on any atom is 0.297 e. The molecule has 25 heavy (non-hydrogen) atoms. The van der Waals surface area contributed by atoms with Gasteiger partial charge in [0.2, 0.25) is 0 Å². The van der Waals surface area contributed by atoms with Crippen LogP contribution in [0, 0.1) is 30.1 Å². The molecule has 2 aliphatic rings. The summed E-state index contributed by atoms with van der Waals surface area (Å²) in [6.45, 7) is 6.51. The molecule has 4 nitrogen and oxygen atoms in total. The second-order valence-electron chi connectivity index (χ2n) is 8.25. The lowest BCUT2D eigenvalue weighted by Crippen LogP contribution is -2.43. The molecule has 0 bridgehead atoms. The number of hydrogen-bond acceptors (Lipinski definition) is 4. The lowest BCUT2D eigenvalue weighted by molar-refractivity contribution is -0.0177. The van der Waals surface area contributed by atoms with Crippen molar-refractivity contribution in [2.75, 3.05) is 6.61 Å². The van der Waals surface area contributed by atoms with E-state index in [2.05, 4.69) is 13.8 Å². The minimum absolute atomic E-state index is 0.0634. The molecule has 5 heteroatoms. The molecule has 2 fully saturated rings. The van der Waals surface area contributed by atoms with Crippen molar-refractivity contribution in [1.82, 2.24) is 0 Å². The molecule has 0 unspecified atom stereocenters. The molecule has 5 atom stereocenters. The first-order valence-electron chi connectivity index (χ1n) is 9.39. The van der Waals surface area contributed by atoms with Crippen molar-refractivity contribution in [3.05, 3.63) is 29.8 Å². The molecule has 1 aromatic rings. The van der Waals surface area contributed by atoms with Crippen LogP contribution in [0.1, 0.15) is 51.5 Å². The topological polar surface area (TPSA) is 63.6 Å². The Kier molecular flexibility index (Phi) is 5.29. The average Bonchev–Trinajstić information content (AvgIpc) is 2.92. The lowest BCUT2D eigenvalue weighted by atomic mass is 9.62. The van der Waals surface area contributed by atoms with E-state index in [1.807, 2.05) is 6.92 Å². The summed E-state index contributed by atoms with van der Waals surface area (Å²) in [6.07, 6.45) is 4.66. The normalized spacial score (nSPS) is 33.8. The smallest absolute Gasteiger partial charge is 0.297 e. The monoisotopic (exact) mass is 366 g/mol. The van der Waals surface area contributed by atoms with Crippen molar-refractivity contribution >= 4 is 10.1 Å². The Morgan fingerprint density at radius 3 is 2.56 bits per heavy atom. The first kappa shape index (κ1) is 18.9. The third kappa shape index (κ3) is 3.51. The van der Waals surface area contributed by atoms with Crippen LogP contribution in [0.4, 0.5) is 0 Å². The molecule has 0 aromatic heterocycles. The van der Waals surface area contributed by atoms with Gasteiger partial charge in [0.05, 0.1) is 11.0 Å². The fourth-order valence-corrected chi connectivity index (χ4v) is 6.40. The lowest BCUT2D eigenvalue weighted by Gasteiger charge is -2.45. The average molecular weight is 367 g/mol. The maximum absolute atomic E-state index is 12.7. The minimum atomic E-state index is -3.73. The number of aliphatic hydroxyl groups is 1. The first-order valence-corrected chi connectivity index (χ1v) is 10.8. The van der Waals surface area contributed by atoms with Gasteiger partial charge in [-0.3, -0.25) is 4.18 Å². The number of hydrogen-bond donors (Lipinski definition) is 1. The largest absolute Gasteiger partial charge is 0.396 e. The molecule has 0 aliphatic heterocycles. The molecule has 1 aromatic carbocycles. The number of aryl methyl sites for hydroxylation is 1. The first-order chi connectivity index (χ1) is 11.8. The molecule has 1 N–H and O–H groups in total. The van der Waals surface area contributed by atoms with E-state index in [4.69, 9.17) is 4.18 Å². The summed E-state index contributed by atoms with van der Waals surface area (Å²) in [7, 11) is -3.73. The summed E-state index contributed by atoms with van der Waals surface area (Å²) in [5, 5.41) is 9.60. The van der Waals surface area contributed by atoms with E-state index in [0.29, 0.717) is 5.92 Å². The highest BCUT2D eigenvalue weighted by Gasteiger charge is 2.53. The summed E-state index contributed by atoms with van der Waals surface area (Å²) in [5.41, 5.74) is 1.09. The number of fused-ring (bicyclic) bond motifs is 1. The summed E-state index contributed by atoms with van der Waals surface area (Å²) in [6, 6.07) is 6.85. The number of benzene rings is 1. The van der Waals surface area contributed by atoms with Gasteiger partial charge in [-0.2, -0.15) is 8.42 Å². The summed E-state index contributed by atoms with van der Waals surface area (Å²) in [4.78, 5) is 0.239. The molecule has 0 radical (unpaired) electrons. The van der Waals surface area contributed by atoms with Crippen molar-refractivity contribution < 1.29 is 17.7 Å². The molecule has 140 valence electrons. The van der Waals surface area contributed by atoms with Crippen LogP contribution in [-0.4, -0.2) is 26.2 Å². The van der Waals surface area contributed by atoms with Crippen molar-refractivity contribution in [2.24, 2.45) is 23.2 Å². The van der Waals surface area contributed by atoms with Crippen molar-refractivity contribution in [3.8, 4) is 0 Å². The molecular weight excluding hydrogens is 336 g/mol. The van der Waals surface area contributed by atoms with Gasteiger partial charge in [-0.05, 0) is 67.9 Å². The van der Waals surface area contributed by atoms with Crippen LogP contribution < -0.4 is 0 Å². The fraction of sp³-hybridized carbons (Fsp3) is 0.700. The van der Waals surface area contributed by atoms with Crippen molar-refractivity contribution in [1.29, 1.82) is 0 Å². The Morgan fingerprint density at radius 2 is 1.92 bits per heavy atom. The van der Waals surface area contributed by atoms with Gasteiger partial charge in [0.25, 0.3) is 10.1 Å². The van der Waals surface area contributed by atoms with Gasteiger partial charge in [0, 0.05) is 6.61 Å². The SMILES string of the molecule is Cc1ccc(S(=O)(=O)O[C@@H]2CCC[C@]3(C)[C@@H]2CC[C@H]3[C@@H](C)CO)cc1. The van der Waals surface area contributed by atoms with E-state index in [1.165, 1.54) is 0 Å². The van der Waals surface area contributed by atoms with Crippen LogP contribution in [0.3, 0.4) is 0 Å². The summed E-state index contributed by atoms with van der Waals surface area (Å²) in [5.74, 6) is 0.943. The standard InChI is InChI=1S/C20H30O4S/c1-14-6-8-16(9-7-14)25(22,23)24-19-5-4-12-20(3)17(15(2)13-21)10-11-18(19)20/h6-9,15,17-19,21H,4-5,10-13H2,1-3H3/t15-,17-,18+,19+,20-/m0/s1. The minimum Gasteiger partial charge on any atom is -0.396 e. The second kappa shape index (κ2) is 7.01. The summed E-state index contributed by atoms with van der Waals surface area (Å²) >= 11 is 0. The van der Waals surface area contributed by atoms with Crippen molar-refractivity contribution in [2.45, 2.75) is 63.9 Å². The molecule has 2 saturated carbocycles. The van der Waals surface area contributed by atoms with E-state index in [-0.39, 0.29) is 34.9 Å². The molecule has 0 spiro atoms. The predicted molar refractivity (Wildman–Crippen MR) is 97.7 cm³/mol. The number of rotatable bonds is 5. The van der Waals surface area contributed by atoms with Gasteiger partial charge in [0.15, 0.2) is 0 Å². The predicted octanol–water partition coefficient (Wildman–Crippen LogP) is 3.91. The van der Waals surface area contributed by atoms with Crippen LogP contribution in [0.15, 0.2) is 29.2 Å². The van der Waals surface area contributed by atoms with Crippen LogP contribution >= 0.6 is 0 Å². The zero-order valence-electron chi connectivity index (χ0n) is 15.4. The second-order valence-corrected chi connectivity index (χ2v) is 9.82. The molecule has 0 heterocycles. The zero-order chi connectivity index (χ0) is 18.2. The van der Waals surface area contributed by atoms with Crippen molar-refractivity contribution in [3.63, 3.8) is 0 Å². The Morgan fingerprint density at radius 1 is 1.24 bits per heavy atom. The van der Waals surface area contributed by atoms with Crippen LogP contribution in [0.2, 0.25) is 0 Å². The van der Waals surface area contributed by atoms with E-state index in [0.717, 1.165) is 37.7 Å². The van der Waals surface area contributed by atoms with Gasteiger partial charge >= 0.3 is 0 Å². The third-order valence-electron chi connectivity index (χ3n) is 6.67. The number of aliphatic hydroxyl groups excluding tert-OH is 1. The zero-order valence-corrected chi connectivity index (χ0v) is 16.3. The van der Waals surface area contributed by atoms with Gasteiger partial charge in [-0.25, -0.2) is 0 Å². The highest BCUT2D eigenvalue weighted by Crippen LogP contribution is 2.58. The molecule has 0 saturated heterocycles. The molecule has 2 aliphatic carbocycles. The van der Waals surface area contributed by atoms with Gasteiger partial charge < -0.3 is 5.11 Å². The Labute approximate surface area is 151 Å². The van der Waals surface area contributed by atoms with Gasteiger partial charge in [-0.1, -0.05) is 38.0 Å². The molecule has 0 amide bonds. The highest BCUT2D eigenvalue weighted by molar-refractivity contribution is 7.86. The fourth-order valence-electron chi connectivity index (χ4n) is 5.26. The van der Waals surface area contributed by atoms with E-state index in [1.54, 1.807) is 24.3 Å². The van der Waals surface area contributed by atoms with Crippen LogP contribution in [0.5, 0.6) is 0 Å². The van der Waals surface area contributed by atoms with Crippen LogP contribution in [-0.2, 0) is 14.3 Å². The van der Waals surface area contributed by atoms with Gasteiger partial charge in [0.1, 0.15) is 0 Å². The third-order valence-corrected chi connectivity index (χ3v) is 8.02. The quantitative estimate of drug-likeness (QED) is 0.803.